The van der Waals surface area contributed by atoms with Crippen molar-refractivity contribution in [2.45, 2.75) is 17.6 Å². The molecule has 0 aliphatic rings. The number of aromatic nitrogens is 3. The summed E-state index contributed by atoms with van der Waals surface area (Å²) in [5.41, 5.74) is 4.45. The molecule has 0 fully saturated rings. The summed E-state index contributed by atoms with van der Waals surface area (Å²) in [4.78, 5) is 23.6. The second kappa shape index (κ2) is 10.4. The summed E-state index contributed by atoms with van der Waals surface area (Å²) < 4.78 is 2.21. The first kappa shape index (κ1) is 23.2. The highest BCUT2D eigenvalue weighted by Gasteiger charge is 2.13. The number of fused-ring (bicyclic) bond motifs is 1. The fourth-order valence-corrected chi connectivity index (χ4v) is 4.81. The Hall–Kier alpha value is -3.55. The van der Waals surface area contributed by atoms with Crippen LogP contribution >= 0.6 is 27.7 Å². The summed E-state index contributed by atoms with van der Waals surface area (Å²) in [6, 6.07) is 25.6. The zero-order chi connectivity index (χ0) is 24.2. The fourth-order valence-electron chi connectivity index (χ4n) is 3.62. The van der Waals surface area contributed by atoms with Gasteiger partial charge in [0.25, 0.3) is 5.56 Å². The van der Waals surface area contributed by atoms with Gasteiger partial charge in [0.2, 0.25) is 0 Å². The molecule has 0 saturated heterocycles. The molecule has 5 rings (SSSR count). The number of benzene rings is 3. The van der Waals surface area contributed by atoms with Gasteiger partial charge in [0.05, 0.1) is 17.1 Å². The van der Waals surface area contributed by atoms with Crippen molar-refractivity contribution in [3.63, 3.8) is 0 Å². The Bertz CT molecular complexity index is 1580. The molecule has 35 heavy (non-hydrogen) atoms. The molecular formula is C28H21BrN4OS. The lowest BCUT2D eigenvalue weighted by molar-refractivity contribution is 0.829. The highest BCUT2D eigenvalue weighted by molar-refractivity contribution is 9.10. The molecule has 2 aromatic heterocycles. The van der Waals surface area contributed by atoms with E-state index < -0.39 is 0 Å². The van der Waals surface area contributed by atoms with E-state index in [2.05, 4.69) is 38.1 Å². The number of aryl methyl sites for hydroxylation is 1. The van der Waals surface area contributed by atoms with E-state index in [0.717, 1.165) is 31.8 Å². The van der Waals surface area contributed by atoms with Crippen LogP contribution in [0.25, 0.3) is 22.3 Å². The van der Waals surface area contributed by atoms with Crippen LogP contribution < -0.4 is 5.56 Å². The van der Waals surface area contributed by atoms with Crippen LogP contribution in [0.3, 0.4) is 0 Å². The van der Waals surface area contributed by atoms with Crippen molar-refractivity contribution in [3.8, 4) is 11.4 Å². The number of hydrogen-bond acceptors (Lipinski definition) is 5. The summed E-state index contributed by atoms with van der Waals surface area (Å²) in [7, 11) is 0. The third kappa shape index (κ3) is 5.42. The molecule has 2 heterocycles. The molecule has 0 unspecified atom stereocenters. The lowest BCUT2D eigenvalue weighted by atomic mass is 10.1. The monoisotopic (exact) mass is 540 g/mol. The van der Waals surface area contributed by atoms with Crippen molar-refractivity contribution in [3.05, 3.63) is 123 Å². The van der Waals surface area contributed by atoms with E-state index in [1.54, 1.807) is 36.4 Å². The van der Waals surface area contributed by atoms with Crippen molar-refractivity contribution in [2.75, 3.05) is 0 Å². The summed E-state index contributed by atoms with van der Waals surface area (Å²) in [6.07, 6.45) is 5.28. The number of nitrogens with zero attached hydrogens (tertiary/aromatic N) is 4. The largest absolute Gasteiger partial charge is 0.282 e. The molecule has 0 bridgehead atoms. The van der Waals surface area contributed by atoms with Crippen LogP contribution in [0.4, 0.5) is 0 Å². The summed E-state index contributed by atoms with van der Waals surface area (Å²) in [5, 5.41) is 5.08. The van der Waals surface area contributed by atoms with Gasteiger partial charge in [0.15, 0.2) is 5.82 Å². The van der Waals surface area contributed by atoms with E-state index >= 15 is 0 Å². The number of pyridine rings is 1. The Balaban J connectivity index is 1.58. The summed E-state index contributed by atoms with van der Waals surface area (Å²) >= 11 is 5.20. The predicted octanol–water partition coefficient (Wildman–Crippen LogP) is 6.70. The number of halogens is 1. The molecule has 7 heteroatoms. The highest BCUT2D eigenvalue weighted by Crippen LogP contribution is 2.26. The van der Waals surface area contributed by atoms with Crippen LogP contribution in [0.5, 0.6) is 0 Å². The zero-order valence-corrected chi connectivity index (χ0v) is 21.3. The maximum absolute atomic E-state index is 13.5. The quantitative estimate of drug-likeness (QED) is 0.177. The van der Waals surface area contributed by atoms with E-state index in [0.29, 0.717) is 16.7 Å². The van der Waals surface area contributed by atoms with Crippen LogP contribution in [-0.2, 0) is 5.75 Å². The van der Waals surface area contributed by atoms with Gasteiger partial charge < -0.3 is 0 Å². The maximum atomic E-state index is 13.5. The molecule has 0 spiro atoms. The van der Waals surface area contributed by atoms with Gasteiger partial charge in [-0.2, -0.15) is 9.78 Å². The van der Waals surface area contributed by atoms with Gasteiger partial charge in [-0.1, -0.05) is 64.0 Å². The molecular weight excluding hydrogens is 520 g/mol. The Labute approximate surface area is 215 Å². The van der Waals surface area contributed by atoms with Crippen molar-refractivity contribution in [1.29, 1.82) is 0 Å². The first-order valence-corrected chi connectivity index (χ1v) is 12.8. The minimum absolute atomic E-state index is 0.216. The van der Waals surface area contributed by atoms with Crippen LogP contribution in [0.2, 0.25) is 0 Å². The Kier molecular flexibility index (Phi) is 6.88. The third-order valence-electron chi connectivity index (χ3n) is 5.45. The second-order valence-electron chi connectivity index (χ2n) is 8.04. The maximum Gasteiger partial charge on any atom is 0.282 e. The fraction of sp³-hybridized carbons (Fsp3) is 0.0714. The van der Waals surface area contributed by atoms with E-state index in [1.165, 1.54) is 10.2 Å². The van der Waals surface area contributed by atoms with Crippen LogP contribution in [0.1, 0.15) is 16.7 Å². The van der Waals surface area contributed by atoms with Crippen LogP contribution in [-0.4, -0.2) is 20.9 Å². The van der Waals surface area contributed by atoms with Gasteiger partial charge in [-0.15, -0.1) is 11.8 Å². The second-order valence-corrected chi connectivity index (χ2v) is 10.0. The molecule has 172 valence electrons. The van der Waals surface area contributed by atoms with E-state index in [9.17, 15) is 4.79 Å². The first-order chi connectivity index (χ1) is 17.1. The molecule has 5 aromatic rings. The first-order valence-electron chi connectivity index (χ1n) is 11.0. The van der Waals surface area contributed by atoms with E-state index in [-0.39, 0.29) is 5.56 Å². The Morgan fingerprint density at radius 2 is 1.80 bits per heavy atom. The Morgan fingerprint density at radius 3 is 2.60 bits per heavy atom. The van der Waals surface area contributed by atoms with Crippen LogP contribution in [0, 0.1) is 6.92 Å². The lowest BCUT2D eigenvalue weighted by Crippen LogP contribution is -2.20. The minimum Gasteiger partial charge on any atom is -0.267 e. The smallest absolute Gasteiger partial charge is 0.267 e. The average molecular weight is 541 g/mol. The average Bonchev–Trinajstić information content (AvgIpc) is 2.89. The molecule has 3 aromatic carbocycles. The number of rotatable bonds is 6. The predicted molar refractivity (Wildman–Crippen MR) is 147 cm³/mol. The molecule has 0 amide bonds. The van der Waals surface area contributed by atoms with Gasteiger partial charge in [0, 0.05) is 33.1 Å². The van der Waals surface area contributed by atoms with Crippen molar-refractivity contribution in [2.24, 2.45) is 5.10 Å². The molecule has 0 aliphatic heterocycles. The minimum atomic E-state index is -0.216. The van der Waals surface area contributed by atoms with Gasteiger partial charge >= 0.3 is 0 Å². The third-order valence-corrected chi connectivity index (χ3v) is 7.02. The number of thioether (sulfide) groups is 1. The highest BCUT2D eigenvalue weighted by atomic mass is 79.9. The molecule has 5 nitrogen and oxygen atoms in total. The van der Waals surface area contributed by atoms with Crippen molar-refractivity contribution >= 4 is 44.8 Å². The summed E-state index contributed by atoms with van der Waals surface area (Å²) in [5.74, 6) is 1.29. The molecule has 0 aliphatic carbocycles. The van der Waals surface area contributed by atoms with Gasteiger partial charge in [-0.3, -0.25) is 9.78 Å². The molecule has 0 N–H and O–H groups in total. The standard InChI is InChI=1S/C28H21BrN4OS/c1-19-5-7-20(8-6-19)17-31-33-27(32-26-10-9-23(29)16-25(26)28(33)34)22-4-2-3-21(15-22)18-35-24-11-13-30-14-12-24/h2-17H,18H2,1H3. The molecule has 0 atom stereocenters. The van der Waals surface area contributed by atoms with Crippen LogP contribution in [0.15, 0.2) is 111 Å². The van der Waals surface area contributed by atoms with E-state index in [1.807, 2.05) is 67.6 Å². The van der Waals surface area contributed by atoms with Crippen molar-refractivity contribution < 1.29 is 0 Å². The summed E-state index contributed by atoms with van der Waals surface area (Å²) in [6.45, 7) is 2.04. The molecule has 0 radical (unpaired) electrons. The number of hydrogen-bond donors (Lipinski definition) is 0. The van der Waals surface area contributed by atoms with E-state index in [4.69, 9.17) is 4.98 Å². The van der Waals surface area contributed by atoms with Crippen molar-refractivity contribution in [1.82, 2.24) is 14.6 Å². The molecule has 0 saturated carbocycles. The van der Waals surface area contributed by atoms with Gasteiger partial charge in [-0.05, 0) is 54.4 Å². The topological polar surface area (TPSA) is 60.1 Å². The van der Waals surface area contributed by atoms with Gasteiger partial charge in [-0.25, -0.2) is 4.98 Å². The Morgan fingerprint density at radius 1 is 1.00 bits per heavy atom. The van der Waals surface area contributed by atoms with Gasteiger partial charge in [0.1, 0.15) is 0 Å². The normalized spacial score (nSPS) is 11.4. The zero-order valence-electron chi connectivity index (χ0n) is 18.9. The lowest BCUT2D eigenvalue weighted by Gasteiger charge is -2.11. The SMILES string of the molecule is Cc1ccc(C=Nn2c(-c3cccc(CSc4ccncc4)c3)nc3ccc(Br)cc3c2=O)cc1.